The summed E-state index contributed by atoms with van der Waals surface area (Å²) in [5, 5.41) is 6.51. The number of halogens is 1. The first kappa shape index (κ1) is 18.9. The molecule has 1 amide bonds. The molecule has 6 nitrogen and oxygen atoms in total. The summed E-state index contributed by atoms with van der Waals surface area (Å²) in [6.45, 7) is 3.98. The summed E-state index contributed by atoms with van der Waals surface area (Å²) in [5.41, 5.74) is 1.16. The van der Waals surface area contributed by atoms with Crippen LogP contribution < -0.4 is 20.1 Å². The summed E-state index contributed by atoms with van der Waals surface area (Å²) in [7, 11) is 3.09. The lowest BCUT2D eigenvalue weighted by atomic mass is 10.2. The number of benzene rings is 1. The van der Waals surface area contributed by atoms with Gasteiger partial charge in [0.2, 0.25) is 0 Å². The van der Waals surface area contributed by atoms with E-state index >= 15 is 0 Å². The number of anilines is 2. The first-order valence-corrected chi connectivity index (χ1v) is 8.31. The van der Waals surface area contributed by atoms with Gasteiger partial charge in [-0.2, -0.15) is 0 Å². The molecule has 0 aliphatic rings. The fourth-order valence-electron chi connectivity index (χ4n) is 2.15. The zero-order chi connectivity index (χ0) is 18.4. The Labute approximate surface area is 152 Å². The molecule has 1 aromatic heterocycles. The van der Waals surface area contributed by atoms with Gasteiger partial charge in [0.05, 0.1) is 24.9 Å². The Balaban J connectivity index is 2.26. The number of hydrogen-bond acceptors (Lipinski definition) is 5. The van der Waals surface area contributed by atoms with Gasteiger partial charge in [-0.15, -0.1) is 0 Å². The highest BCUT2D eigenvalue weighted by molar-refractivity contribution is 6.32. The van der Waals surface area contributed by atoms with Gasteiger partial charge in [-0.1, -0.05) is 18.5 Å². The molecule has 0 bridgehead atoms. The number of carbonyl (C=O) groups excluding carboxylic acids is 1. The SMILES string of the molecule is CCC(C)NC(=O)c1ccnc(Nc2cc(OC)c(Cl)cc2OC)c1. The van der Waals surface area contributed by atoms with Crippen molar-refractivity contribution in [2.24, 2.45) is 0 Å². The second-order valence-electron chi connectivity index (χ2n) is 5.52. The quantitative estimate of drug-likeness (QED) is 0.777. The lowest BCUT2D eigenvalue weighted by Gasteiger charge is -2.14. The van der Waals surface area contributed by atoms with E-state index in [1.54, 1.807) is 37.6 Å². The second-order valence-corrected chi connectivity index (χ2v) is 5.93. The molecule has 0 aliphatic carbocycles. The lowest BCUT2D eigenvalue weighted by molar-refractivity contribution is 0.0939. The van der Waals surface area contributed by atoms with Crippen molar-refractivity contribution >= 4 is 29.0 Å². The smallest absolute Gasteiger partial charge is 0.251 e. The largest absolute Gasteiger partial charge is 0.495 e. The first-order valence-electron chi connectivity index (χ1n) is 7.94. The fraction of sp³-hybridized carbons (Fsp3) is 0.333. The highest BCUT2D eigenvalue weighted by Crippen LogP contribution is 2.37. The van der Waals surface area contributed by atoms with Crippen LogP contribution in [-0.4, -0.2) is 31.2 Å². The third-order valence-electron chi connectivity index (χ3n) is 3.75. The molecule has 7 heteroatoms. The highest BCUT2D eigenvalue weighted by Gasteiger charge is 2.13. The van der Waals surface area contributed by atoms with E-state index < -0.39 is 0 Å². The Morgan fingerprint density at radius 2 is 1.96 bits per heavy atom. The molecule has 1 unspecified atom stereocenters. The molecule has 0 saturated carbocycles. The molecular formula is C18H22ClN3O3. The summed E-state index contributed by atoms with van der Waals surface area (Å²) in [6, 6.07) is 6.83. The van der Waals surface area contributed by atoms with E-state index in [0.717, 1.165) is 6.42 Å². The van der Waals surface area contributed by atoms with E-state index in [9.17, 15) is 4.79 Å². The van der Waals surface area contributed by atoms with Crippen molar-refractivity contribution in [3.63, 3.8) is 0 Å². The number of amides is 1. The number of pyridine rings is 1. The van der Waals surface area contributed by atoms with Crippen LogP contribution in [0.15, 0.2) is 30.5 Å². The van der Waals surface area contributed by atoms with E-state index in [2.05, 4.69) is 15.6 Å². The van der Waals surface area contributed by atoms with Crippen LogP contribution in [0.1, 0.15) is 30.6 Å². The summed E-state index contributed by atoms with van der Waals surface area (Å²) < 4.78 is 10.6. The van der Waals surface area contributed by atoms with Crippen molar-refractivity contribution in [1.82, 2.24) is 10.3 Å². The van der Waals surface area contributed by atoms with Crippen LogP contribution in [0.3, 0.4) is 0 Å². The summed E-state index contributed by atoms with van der Waals surface area (Å²) in [4.78, 5) is 16.5. The standard InChI is InChI=1S/C18H22ClN3O3/c1-5-11(2)21-18(23)12-6-7-20-17(8-12)22-14-10-15(24-3)13(19)9-16(14)25-4/h6-11H,5H2,1-4H3,(H,20,22)(H,21,23). The maximum atomic E-state index is 12.3. The van der Waals surface area contributed by atoms with Crippen molar-refractivity contribution in [2.75, 3.05) is 19.5 Å². The number of nitrogens with zero attached hydrogens (tertiary/aromatic N) is 1. The van der Waals surface area contributed by atoms with Gasteiger partial charge in [0.15, 0.2) is 0 Å². The van der Waals surface area contributed by atoms with Gasteiger partial charge >= 0.3 is 0 Å². The highest BCUT2D eigenvalue weighted by atomic mass is 35.5. The zero-order valence-corrected chi connectivity index (χ0v) is 15.5. The van der Waals surface area contributed by atoms with Gasteiger partial charge in [0.25, 0.3) is 5.91 Å². The number of methoxy groups -OCH3 is 2. The number of rotatable bonds is 7. The molecule has 134 valence electrons. The third kappa shape index (κ3) is 4.76. The molecule has 1 heterocycles. The van der Waals surface area contributed by atoms with Crippen LogP contribution in [-0.2, 0) is 0 Å². The number of hydrogen-bond donors (Lipinski definition) is 2. The van der Waals surface area contributed by atoms with Gasteiger partial charge in [0, 0.05) is 29.9 Å². The Hall–Kier alpha value is -2.47. The Bertz CT molecular complexity index is 752. The van der Waals surface area contributed by atoms with Crippen molar-refractivity contribution in [3.05, 3.63) is 41.0 Å². The minimum Gasteiger partial charge on any atom is -0.495 e. The van der Waals surface area contributed by atoms with E-state index in [4.69, 9.17) is 21.1 Å². The van der Waals surface area contributed by atoms with Crippen LogP contribution >= 0.6 is 11.6 Å². The van der Waals surface area contributed by atoms with Crippen LogP contribution in [0.2, 0.25) is 5.02 Å². The third-order valence-corrected chi connectivity index (χ3v) is 4.04. The molecule has 1 aromatic carbocycles. The van der Waals surface area contributed by atoms with E-state index in [-0.39, 0.29) is 11.9 Å². The average molecular weight is 364 g/mol. The lowest BCUT2D eigenvalue weighted by Crippen LogP contribution is -2.31. The summed E-state index contributed by atoms with van der Waals surface area (Å²) in [5.74, 6) is 1.43. The Kier molecular flexibility index (Phi) is 6.47. The molecule has 2 rings (SSSR count). The van der Waals surface area contributed by atoms with Gasteiger partial charge in [-0.05, 0) is 25.5 Å². The minimum atomic E-state index is -0.138. The van der Waals surface area contributed by atoms with Crippen molar-refractivity contribution in [3.8, 4) is 11.5 Å². The predicted octanol–water partition coefficient (Wildman–Crippen LogP) is 4.02. The molecule has 0 radical (unpaired) electrons. The van der Waals surface area contributed by atoms with Crippen molar-refractivity contribution < 1.29 is 14.3 Å². The van der Waals surface area contributed by atoms with Crippen LogP contribution in [0.4, 0.5) is 11.5 Å². The van der Waals surface area contributed by atoms with Crippen molar-refractivity contribution in [1.29, 1.82) is 0 Å². The monoisotopic (exact) mass is 363 g/mol. The molecule has 0 spiro atoms. The zero-order valence-electron chi connectivity index (χ0n) is 14.7. The van der Waals surface area contributed by atoms with Gasteiger partial charge < -0.3 is 20.1 Å². The first-order chi connectivity index (χ1) is 12.0. The number of aromatic nitrogens is 1. The van der Waals surface area contributed by atoms with E-state index in [1.165, 1.54) is 7.11 Å². The normalized spacial score (nSPS) is 11.6. The average Bonchev–Trinajstić information content (AvgIpc) is 2.62. The van der Waals surface area contributed by atoms with Crippen LogP contribution in [0.25, 0.3) is 0 Å². The molecule has 2 aromatic rings. The molecule has 0 saturated heterocycles. The molecule has 0 fully saturated rings. The van der Waals surface area contributed by atoms with E-state index in [1.807, 2.05) is 13.8 Å². The summed E-state index contributed by atoms with van der Waals surface area (Å²) in [6.07, 6.45) is 2.44. The van der Waals surface area contributed by atoms with Crippen molar-refractivity contribution in [2.45, 2.75) is 26.3 Å². The molecule has 25 heavy (non-hydrogen) atoms. The van der Waals surface area contributed by atoms with Crippen LogP contribution in [0.5, 0.6) is 11.5 Å². The topological polar surface area (TPSA) is 72.5 Å². The minimum absolute atomic E-state index is 0.109. The number of carbonyl (C=O) groups is 1. The fourth-order valence-corrected chi connectivity index (χ4v) is 2.38. The van der Waals surface area contributed by atoms with Gasteiger partial charge in [0.1, 0.15) is 17.3 Å². The molecule has 2 N–H and O–H groups in total. The summed E-state index contributed by atoms with van der Waals surface area (Å²) >= 11 is 6.11. The number of nitrogens with one attached hydrogen (secondary N) is 2. The maximum Gasteiger partial charge on any atom is 0.251 e. The Morgan fingerprint density at radius 1 is 1.24 bits per heavy atom. The molecule has 0 aliphatic heterocycles. The number of ether oxygens (including phenoxy) is 2. The van der Waals surface area contributed by atoms with Gasteiger partial charge in [-0.25, -0.2) is 4.98 Å². The predicted molar refractivity (Wildman–Crippen MR) is 99.3 cm³/mol. The van der Waals surface area contributed by atoms with E-state index in [0.29, 0.717) is 33.6 Å². The molecular weight excluding hydrogens is 342 g/mol. The second kappa shape index (κ2) is 8.58. The molecule has 1 atom stereocenters. The van der Waals surface area contributed by atoms with Crippen LogP contribution in [0, 0.1) is 0 Å². The van der Waals surface area contributed by atoms with Gasteiger partial charge in [-0.3, -0.25) is 4.79 Å². The Morgan fingerprint density at radius 3 is 2.60 bits per heavy atom. The maximum absolute atomic E-state index is 12.3.